The molecule has 0 fully saturated rings. The maximum atomic E-state index is 11.9. The second-order valence-corrected chi connectivity index (χ2v) is 5.73. The molecule has 0 spiro atoms. The van der Waals surface area contributed by atoms with Crippen molar-refractivity contribution in [1.29, 1.82) is 0 Å². The summed E-state index contributed by atoms with van der Waals surface area (Å²) < 4.78 is 0.920. The first-order valence-electron chi connectivity index (χ1n) is 6.24. The number of carbonyl (C=O) groups excluding carboxylic acids is 1. The van der Waals surface area contributed by atoms with Crippen LogP contribution in [0.25, 0.3) is 0 Å². The van der Waals surface area contributed by atoms with Crippen LogP contribution in [0.5, 0.6) is 0 Å². The topological polar surface area (TPSA) is 53.2 Å². The van der Waals surface area contributed by atoms with Crippen LogP contribution in [0.1, 0.15) is 15.9 Å². The Morgan fingerprint density at radius 1 is 1.10 bits per heavy atom. The normalized spacial score (nSPS) is 9.81. The number of carbonyl (C=O) groups is 1. The van der Waals surface area contributed by atoms with E-state index in [1.54, 1.807) is 24.3 Å². The van der Waals surface area contributed by atoms with Gasteiger partial charge < -0.3 is 5.32 Å². The molecule has 0 saturated carbocycles. The minimum atomic E-state index is -0.254. The summed E-state index contributed by atoms with van der Waals surface area (Å²) in [7, 11) is 0. The Bertz CT molecular complexity index is 658. The Morgan fingerprint density at radius 2 is 1.81 bits per heavy atom. The lowest BCUT2D eigenvalue weighted by Gasteiger charge is -2.12. The van der Waals surface area contributed by atoms with Crippen LogP contribution in [0.2, 0.25) is 0 Å². The molecular weight excluding hydrogens is 350 g/mol. The van der Waals surface area contributed by atoms with Crippen molar-refractivity contribution in [2.45, 2.75) is 6.92 Å². The molecule has 3 N–H and O–H groups in total. The molecule has 2 aromatic rings. The third-order valence-corrected chi connectivity index (χ3v) is 3.40. The van der Waals surface area contributed by atoms with Crippen LogP contribution in [0.15, 0.2) is 53.0 Å². The van der Waals surface area contributed by atoms with Gasteiger partial charge in [0.2, 0.25) is 0 Å². The minimum absolute atomic E-state index is 0.254. The number of aryl methyl sites for hydroxylation is 1. The van der Waals surface area contributed by atoms with Crippen molar-refractivity contribution in [3.8, 4) is 0 Å². The predicted molar refractivity (Wildman–Crippen MR) is 92.1 cm³/mol. The first-order chi connectivity index (χ1) is 10.0. The van der Waals surface area contributed by atoms with E-state index in [-0.39, 0.29) is 5.91 Å². The van der Waals surface area contributed by atoms with E-state index in [1.165, 1.54) is 0 Å². The number of amides is 1. The van der Waals surface area contributed by atoms with E-state index in [0.717, 1.165) is 15.7 Å². The number of halogens is 1. The lowest BCUT2D eigenvalue weighted by Crippen LogP contribution is -2.43. The molecule has 6 heteroatoms. The van der Waals surface area contributed by atoms with E-state index in [1.807, 2.05) is 31.2 Å². The van der Waals surface area contributed by atoms with Gasteiger partial charge in [0, 0.05) is 15.7 Å². The predicted octanol–water partition coefficient (Wildman–Crippen LogP) is 3.39. The molecule has 0 heterocycles. The van der Waals surface area contributed by atoms with Gasteiger partial charge >= 0.3 is 0 Å². The van der Waals surface area contributed by atoms with Gasteiger partial charge in [-0.1, -0.05) is 28.1 Å². The highest BCUT2D eigenvalue weighted by atomic mass is 79.9. The number of thiocarbonyl (C=S) groups is 1. The molecule has 0 radical (unpaired) electrons. The van der Waals surface area contributed by atoms with Gasteiger partial charge in [0.05, 0.1) is 0 Å². The maximum Gasteiger partial charge on any atom is 0.269 e. The number of benzene rings is 2. The zero-order chi connectivity index (χ0) is 15.2. The second kappa shape index (κ2) is 7.19. The molecule has 0 atom stereocenters. The van der Waals surface area contributed by atoms with Crippen molar-refractivity contribution in [2.24, 2.45) is 0 Å². The molecule has 0 saturated heterocycles. The first-order valence-corrected chi connectivity index (χ1v) is 7.44. The average molecular weight is 364 g/mol. The summed E-state index contributed by atoms with van der Waals surface area (Å²) in [5.41, 5.74) is 7.76. The van der Waals surface area contributed by atoms with Crippen molar-refractivity contribution in [2.75, 3.05) is 5.32 Å². The molecule has 0 aromatic heterocycles. The van der Waals surface area contributed by atoms with Gasteiger partial charge in [0.15, 0.2) is 5.11 Å². The Labute approximate surface area is 137 Å². The first kappa shape index (κ1) is 15.5. The number of hydrogen-bond donors (Lipinski definition) is 3. The van der Waals surface area contributed by atoms with Crippen LogP contribution >= 0.6 is 28.1 Å². The smallest absolute Gasteiger partial charge is 0.269 e. The fourth-order valence-corrected chi connectivity index (χ4v) is 2.11. The molecule has 0 aliphatic rings. The fourth-order valence-electron chi connectivity index (χ4n) is 1.67. The van der Waals surface area contributed by atoms with Gasteiger partial charge in [-0.2, -0.15) is 0 Å². The van der Waals surface area contributed by atoms with E-state index in [4.69, 9.17) is 12.2 Å². The molecule has 2 rings (SSSR count). The van der Waals surface area contributed by atoms with Crippen molar-refractivity contribution in [1.82, 2.24) is 10.9 Å². The van der Waals surface area contributed by atoms with Gasteiger partial charge in [-0.05, 0) is 61.1 Å². The molecule has 1 amide bonds. The second-order valence-electron chi connectivity index (χ2n) is 4.41. The third kappa shape index (κ3) is 4.84. The third-order valence-electron chi connectivity index (χ3n) is 2.67. The molecule has 0 unspecified atom stereocenters. The summed E-state index contributed by atoms with van der Waals surface area (Å²) in [6.07, 6.45) is 0. The summed E-state index contributed by atoms with van der Waals surface area (Å²) in [5, 5.41) is 3.32. The fraction of sp³-hybridized carbons (Fsp3) is 0.0667. The Morgan fingerprint density at radius 3 is 2.48 bits per heavy atom. The SMILES string of the molecule is Cc1cccc(NC(=S)NNC(=O)c2ccc(Br)cc2)c1. The molecule has 0 aliphatic carbocycles. The van der Waals surface area contributed by atoms with Crippen LogP contribution < -0.4 is 16.2 Å². The zero-order valence-corrected chi connectivity index (χ0v) is 13.7. The molecule has 0 bridgehead atoms. The van der Waals surface area contributed by atoms with Crippen LogP contribution in [0.4, 0.5) is 5.69 Å². The van der Waals surface area contributed by atoms with Crippen LogP contribution in [0.3, 0.4) is 0 Å². The standard InChI is InChI=1S/C15H14BrN3OS/c1-10-3-2-4-13(9-10)17-15(21)19-18-14(20)11-5-7-12(16)8-6-11/h2-9H,1H3,(H,18,20)(H2,17,19,21). The van der Waals surface area contributed by atoms with Crippen molar-refractivity contribution in [3.63, 3.8) is 0 Å². The van der Waals surface area contributed by atoms with Crippen LogP contribution in [0, 0.1) is 6.92 Å². The largest absolute Gasteiger partial charge is 0.331 e. The highest BCUT2D eigenvalue weighted by Gasteiger charge is 2.05. The van der Waals surface area contributed by atoms with E-state index in [9.17, 15) is 4.79 Å². The van der Waals surface area contributed by atoms with Crippen LogP contribution in [-0.2, 0) is 0 Å². The Balaban J connectivity index is 1.86. The molecule has 0 aliphatic heterocycles. The summed E-state index contributed by atoms with van der Waals surface area (Å²) in [4.78, 5) is 11.9. The van der Waals surface area contributed by atoms with Crippen LogP contribution in [-0.4, -0.2) is 11.0 Å². The molecule has 4 nitrogen and oxygen atoms in total. The Hall–Kier alpha value is -1.92. The van der Waals surface area contributed by atoms with E-state index < -0.39 is 0 Å². The van der Waals surface area contributed by atoms with Gasteiger partial charge in [0.25, 0.3) is 5.91 Å². The van der Waals surface area contributed by atoms with Crippen molar-refractivity contribution in [3.05, 3.63) is 64.1 Å². The van der Waals surface area contributed by atoms with E-state index in [2.05, 4.69) is 32.1 Å². The molecular formula is C15H14BrN3OS. The van der Waals surface area contributed by atoms with E-state index >= 15 is 0 Å². The van der Waals surface area contributed by atoms with Crippen molar-refractivity contribution >= 4 is 44.9 Å². The number of nitrogens with one attached hydrogen (secondary N) is 3. The lowest BCUT2D eigenvalue weighted by molar-refractivity contribution is 0.0944. The summed E-state index contributed by atoms with van der Waals surface area (Å²) >= 11 is 8.45. The number of rotatable bonds is 2. The molecule has 2 aromatic carbocycles. The molecule has 21 heavy (non-hydrogen) atoms. The summed E-state index contributed by atoms with van der Waals surface area (Å²) in [6.45, 7) is 2.00. The highest BCUT2D eigenvalue weighted by Crippen LogP contribution is 2.10. The molecule has 108 valence electrons. The summed E-state index contributed by atoms with van der Waals surface area (Å²) in [6, 6.07) is 14.8. The lowest BCUT2D eigenvalue weighted by atomic mass is 10.2. The van der Waals surface area contributed by atoms with Gasteiger partial charge in [0.1, 0.15) is 0 Å². The zero-order valence-electron chi connectivity index (χ0n) is 11.3. The Kier molecular flexibility index (Phi) is 5.30. The van der Waals surface area contributed by atoms with Gasteiger partial charge in [-0.25, -0.2) is 0 Å². The number of hydrazine groups is 1. The van der Waals surface area contributed by atoms with Gasteiger partial charge in [-0.15, -0.1) is 0 Å². The van der Waals surface area contributed by atoms with Gasteiger partial charge in [-0.3, -0.25) is 15.6 Å². The van der Waals surface area contributed by atoms with Crippen molar-refractivity contribution < 1.29 is 4.79 Å². The highest BCUT2D eigenvalue weighted by molar-refractivity contribution is 9.10. The number of anilines is 1. The monoisotopic (exact) mass is 363 g/mol. The van der Waals surface area contributed by atoms with E-state index in [0.29, 0.717) is 10.7 Å². The average Bonchev–Trinajstić information content (AvgIpc) is 2.45. The maximum absolute atomic E-state index is 11.9. The number of hydrogen-bond acceptors (Lipinski definition) is 2. The summed E-state index contributed by atoms with van der Waals surface area (Å²) in [5.74, 6) is -0.254. The quantitative estimate of drug-likeness (QED) is 0.565. The minimum Gasteiger partial charge on any atom is -0.331 e.